The molecule has 0 bridgehead atoms. The summed E-state index contributed by atoms with van der Waals surface area (Å²) in [4.78, 5) is 4.54. The number of hydrogen-bond acceptors (Lipinski definition) is 4. The summed E-state index contributed by atoms with van der Waals surface area (Å²) in [6.07, 6.45) is 1.24. The van der Waals surface area contributed by atoms with Crippen LogP contribution in [0.5, 0.6) is 0 Å². The molecule has 5 heteroatoms. The third kappa shape index (κ3) is 4.72. The quantitative estimate of drug-likeness (QED) is 0.798. The number of nitrogens with zero attached hydrogens (tertiary/aromatic N) is 1. The maximum atomic E-state index is 5.27. The highest BCUT2D eigenvalue weighted by Gasteiger charge is 2.19. The molecule has 0 saturated carbocycles. The van der Waals surface area contributed by atoms with E-state index < -0.39 is 0 Å². The van der Waals surface area contributed by atoms with Gasteiger partial charge in [0.05, 0.1) is 19.3 Å². The molecule has 1 rings (SSSR count). The highest BCUT2D eigenvalue weighted by Crippen LogP contribution is 2.22. The van der Waals surface area contributed by atoms with E-state index >= 15 is 0 Å². The summed E-state index contributed by atoms with van der Waals surface area (Å²) in [6.45, 7) is 5.66. The van der Waals surface area contributed by atoms with E-state index in [2.05, 4.69) is 24.2 Å². The molecule has 1 N–H and O–H groups in total. The van der Waals surface area contributed by atoms with Gasteiger partial charge in [-0.1, -0.05) is 18.7 Å². The smallest absolute Gasteiger partial charge is 0.157 e. The molecule has 0 aromatic rings. The Hall–Kier alpha value is -0.260. The molecule has 1 fully saturated rings. The molecule has 0 aromatic carbocycles. The van der Waals surface area contributed by atoms with Crippen molar-refractivity contribution < 1.29 is 9.47 Å². The number of nitrogens with one attached hydrogen (secondary N) is 1. The van der Waals surface area contributed by atoms with Crippen molar-refractivity contribution in [2.24, 2.45) is 4.99 Å². The number of methoxy groups -OCH3 is 2. The van der Waals surface area contributed by atoms with Crippen LogP contribution in [0.4, 0.5) is 0 Å². The molecule has 0 spiro atoms. The van der Waals surface area contributed by atoms with E-state index in [1.54, 1.807) is 26.0 Å². The van der Waals surface area contributed by atoms with E-state index in [0.717, 1.165) is 5.17 Å². The summed E-state index contributed by atoms with van der Waals surface area (Å²) in [7, 11) is 3.37. The zero-order valence-electron chi connectivity index (χ0n) is 10.5. The lowest BCUT2D eigenvalue weighted by Gasteiger charge is -2.27. The SMILES string of the molecule is COCC(CN=C1NC(C)CC(C)S1)OC. The standard InChI is InChI=1S/C11H22N2O2S/c1-8-5-9(2)16-11(13-8)12-6-10(15-4)7-14-3/h8-10H,5-7H2,1-4H3,(H,12,13). The molecule has 1 saturated heterocycles. The summed E-state index contributed by atoms with van der Waals surface area (Å²) >= 11 is 1.80. The van der Waals surface area contributed by atoms with Crippen LogP contribution >= 0.6 is 11.8 Å². The van der Waals surface area contributed by atoms with Gasteiger partial charge in [-0.25, -0.2) is 0 Å². The topological polar surface area (TPSA) is 42.8 Å². The highest BCUT2D eigenvalue weighted by molar-refractivity contribution is 8.14. The molecular weight excluding hydrogens is 224 g/mol. The second-order valence-electron chi connectivity index (χ2n) is 4.17. The molecule has 0 aromatic heterocycles. The summed E-state index contributed by atoms with van der Waals surface area (Å²) in [5.74, 6) is 0. The van der Waals surface area contributed by atoms with E-state index in [-0.39, 0.29) is 6.10 Å². The predicted molar refractivity (Wildman–Crippen MR) is 69.2 cm³/mol. The van der Waals surface area contributed by atoms with E-state index in [0.29, 0.717) is 24.4 Å². The maximum Gasteiger partial charge on any atom is 0.157 e. The Balaban J connectivity index is 2.42. The normalized spacial score (nSPS) is 30.1. The lowest BCUT2D eigenvalue weighted by Crippen LogP contribution is -2.39. The minimum Gasteiger partial charge on any atom is -0.382 e. The fourth-order valence-electron chi connectivity index (χ4n) is 1.69. The minimum absolute atomic E-state index is 0.0486. The van der Waals surface area contributed by atoms with Gasteiger partial charge < -0.3 is 14.8 Å². The molecule has 94 valence electrons. The molecule has 4 nitrogen and oxygen atoms in total. The Morgan fingerprint density at radius 2 is 2.25 bits per heavy atom. The first-order chi connectivity index (χ1) is 7.65. The van der Waals surface area contributed by atoms with Gasteiger partial charge in [-0.3, -0.25) is 4.99 Å². The fourth-order valence-corrected chi connectivity index (χ4v) is 2.87. The zero-order valence-corrected chi connectivity index (χ0v) is 11.3. The van der Waals surface area contributed by atoms with Gasteiger partial charge in [-0.15, -0.1) is 0 Å². The van der Waals surface area contributed by atoms with E-state index in [4.69, 9.17) is 9.47 Å². The van der Waals surface area contributed by atoms with Crippen LogP contribution in [0.1, 0.15) is 20.3 Å². The predicted octanol–water partition coefficient (Wildman–Crippen LogP) is 1.51. The van der Waals surface area contributed by atoms with Crippen LogP contribution < -0.4 is 5.32 Å². The van der Waals surface area contributed by atoms with Crippen molar-refractivity contribution in [3.05, 3.63) is 0 Å². The maximum absolute atomic E-state index is 5.27. The van der Waals surface area contributed by atoms with Gasteiger partial charge in [0.25, 0.3) is 0 Å². The largest absolute Gasteiger partial charge is 0.382 e. The van der Waals surface area contributed by atoms with E-state index in [9.17, 15) is 0 Å². The first kappa shape index (κ1) is 13.8. The molecule has 3 atom stereocenters. The third-order valence-corrected chi connectivity index (χ3v) is 3.56. The second kappa shape index (κ2) is 7.14. The van der Waals surface area contributed by atoms with Gasteiger partial charge in [0.1, 0.15) is 0 Å². The highest BCUT2D eigenvalue weighted by atomic mass is 32.2. The van der Waals surface area contributed by atoms with Gasteiger partial charge in [0, 0.05) is 25.5 Å². The Bertz CT molecular complexity index is 224. The average Bonchev–Trinajstić information content (AvgIpc) is 2.23. The summed E-state index contributed by atoms with van der Waals surface area (Å²) < 4.78 is 10.3. The van der Waals surface area contributed by atoms with Gasteiger partial charge in [0.15, 0.2) is 5.17 Å². The van der Waals surface area contributed by atoms with Crippen molar-refractivity contribution in [1.82, 2.24) is 5.32 Å². The molecule has 1 aliphatic rings. The first-order valence-electron chi connectivity index (χ1n) is 5.65. The first-order valence-corrected chi connectivity index (χ1v) is 6.53. The Morgan fingerprint density at radius 1 is 1.50 bits per heavy atom. The van der Waals surface area contributed by atoms with Crippen molar-refractivity contribution in [2.75, 3.05) is 27.4 Å². The van der Waals surface area contributed by atoms with Gasteiger partial charge in [-0.2, -0.15) is 0 Å². The second-order valence-corrected chi connectivity index (χ2v) is 5.60. The number of hydrogen-bond donors (Lipinski definition) is 1. The number of rotatable bonds is 5. The summed E-state index contributed by atoms with van der Waals surface area (Å²) in [5, 5.41) is 5.05. The van der Waals surface area contributed by atoms with Crippen LogP contribution in [0.15, 0.2) is 4.99 Å². The summed E-state index contributed by atoms with van der Waals surface area (Å²) in [5.41, 5.74) is 0. The molecule has 1 aliphatic heterocycles. The monoisotopic (exact) mass is 246 g/mol. The fraction of sp³-hybridized carbons (Fsp3) is 0.909. The number of thioether (sulfide) groups is 1. The minimum atomic E-state index is 0.0486. The molecule has 16 heavy (non-hydrogen) atoms. The molecular formula is C11H22N2O2S. The lowest BCUT2D eigenvalue weighted by atomic mass is 10.2. The third-order valence-electron chi connectivity index (χ3n) is 2.49. The Morgan fingerprint density at radius 3 is 2.81 bits per heavy atom. The molecule has 0 amide bonds. The summed E-state index contributed by atoms with van der Waals surface area (Å²) in [6, 6.07) is 0.512. The van der Waals surface area contributed by atoms with E-state index in [1.807, 2.05) is 0 Å². The van der Waals surface area contributed by atoms with Crippen LogP contribution in [0.25, 0.3) is 0 Å². The van der Waals surface area contributed by atoms with Crippen molar-refractivity contribution in [3.8, 4) is 0 Å². The van der Waals surface area contributed by atoms with Gasteiger partial charge in [-0.05, 0) is 13.3 Å². The van der Waals surface area contributed by atoms with Crippen molar-refractivity contribution in [2.45, 2.75) is 37.7 Å². The Labute approximate surface area is 102 Å². The van der Waals surface area contributed by atoms with Crippen LogP contribution in [0.3, 0.4) is 0 Å². The van der Waals surface area contributed by atoms with Crippen LogP contribution in [-0.4, -0.2) is 49.9 Å². The zero-order chi connectivity index (χ0) is 12.0. The van der Waals surface area contributed by atoms with Crippen molar-refractivity contribution >= 4 is 16.9 Å². The van der Waals surface area contributed by atoms with E-state index in [1.165, 1.54) is 6.42 Å². The molecule has 0 radical (unpaired) electrons. The average molecular weight is 246 g/mol. The lowest BCUT2D eigenvalue weighted by molar-refractivity contribution is 0.0344. The van der Waals surface area contributed by atoms with Crippen LogP contribution in [0.2, 0.25) is 0 Å². The van der Waals surface area contributed by atoms with Gasteiger partial charge in [0.2, 0.25) is 0 Å². The molecule has 0 aliphatic carbocycles. The molecule has 3 unspecified atom stereocenters. The van der Waals surface area contributed by atoms with Crippen LogP contribution in [-0.2, 0) is 9.47 Å². The number of ether oxygens (including phenoxy) is 2. The van der Waals surface area contributed by atoms with Crippen LogP contribution in [0, 0.1) is 0 Å². The number of amidine groups is 1. The van der Waals surface area contributed by atoms with Crippen molar-refractivity contribution in [3.63, 3.8) is 0 Å². The van der Waals surface area contributed by atoms with Gasteiger partial charge >= 0.3 is 0 Å². The molecule has 1 heterocycles. The Kier molecular flexibility index (Phi) is 6.16. The van der Waals surface area contributed by atoms with Crippen molar-refractivity contribution in [1.29, 1.82) is 0 Å². The number of aliphatic imine (C=N–C) groups is 1.